The van der Waals surface area contributed by atoms with Gasteiger partial charge in [0.15, 0.2) is 0 Å². The summed E-state index contributed by atoms with van der Waals surface area (Å²) in [5, 5.41) is 2.10. The van der Waals surface area contributed by atoms with Gasteiger partial charge in [-0.2, -0.15) is 0 Å². The van der Waals surface area contributed by atoms with E-state index >= 15 is 0 Å². The van der Waals surface area contributed by atoms with Crippen molar-refractivity contribution < 1.29 is 18.8 Å². The van der Waals surface area contributed by atoms with Crippen molar-refractivity contribution >= 4 is 72.4 Å². The van der Waals surface area contributed by atoms with Gasteiger partial charge >= 0.3 is 0 Å². The largest absolute Gasteiger partial charge is 0.325 e. The van der Waals surface area contributed by atoms with Gasteiger partial charge in [-0.25, -0.2) is 4.39 Å². The van der Waals surface area contributed by atoms with Crippen molar-refractivity contribution in [2.24, 2.45) is 0 Å². The molecule has 0 unspecified atom stereocenters. The highest BCUT2D eigenvalue weighted by Gasteiger charge is 2.36. The fourth-order valence-electron chi connectivity index (χ4n) is 2.27. The zero-order valence-corrected chi connectivity index (χ0v) is 17.5. The fraction of sp³-hybridized carbons (Fsp3) is 0.0556. The van der Waals surface area contributed by atoms with Crippen molar-refractivity contribution in [1.82, 2.24) is 4.90 Å². The van der Waals surface area contributed by atoms with Crippen LogP contribution in [0.25, 0.3) is 6.08 Å². The van der Waals surface area contributed by atoms with Crippen molar-refractivity contribution in [1.29, 1.82) is 0 Å². The molecule has 0 aromatic heterocycles. The maximum absolute atomic E-state index is 13.3. The third kappa shape index (κ3) is 4.85. The Morgan fingerprint density at radius 3 is 2.52 bits per heavy atom. The summed E-state index contributed by atoms with van der Waals surface area (Å²) in [6.45, 7) is -0.384. The molecule has 2 aromatic carbocycles. The van der Waals surface area contributed by atoms with E-state index in [-0.39, 0.29) is 15.9 Å². The quantitative estimate of drug-likeness (QED) is 0.582. The van der Waals surface area contributed by atoms with Crippen LogP contribution in [0.4, 0.5) is 14.9 Å². The van der Waals surface area contributed by atoms with Gasteiger partial charge in [0.1, 0.15) is 12.4 Å². The maximum atomic E-state index is 13.3. The highest BCUT2D eigenvalue weighted by molar-refractivity contribution is 9.10. The molecule has 3 amide bonds. The maximum Gasteiger partial charge on any atom is 0.294 e. The first-order chi connectivity index (χ1) is 12.8. The summed E-state index contributed by atoms with van der Waals surface area (Å²) in [7, 11) is 0. The molecule has 9 heteroatoms. The Morgan fingerprint density at radius 1 is 1.15 bits per heavy atom. The molecule has 1 aliphatic rings. The smallest absolute Gasteiger partial charge is 0.294 e. The van der Waals surface area contributed by atoms with Crippen molar-refractivity contribution in [3.63, 3.8) is 0 Å². The summed E-state index contributed by atoms with van der Waals surface area (Å²) >= 11 is 7.11. The zero-order chi connectivity index (χ0) is 19.6. The highest BCUT2D eigenvalue weighted by Crippen LogP contribution is 2.32. The Balaban J connectivity index is 1.70. The van der Waals surface area contributed by atoms with Crippen molar-refractivity contribution in [3.05, 3.63) is 67.7 Å². The molecule has 27 heavy (non-hydrogen) atoms. The predicted octanol–water partition coefficient (Wildman–Crippen LogP) is 5.03. The van der Waals surface area contributed by atoms with Gasteiger partial charge in [-0.05, 0) is 75.7 Å². The lowest BCUT2D eigenvalue weighted by molar-refractivity contribution is -0.127. The Bertz CT molecular complexity index is 964. The molecule has 0 saturated carbocycles. The number of imide groups is 1. The lowest BCUT2D eigenvalue weighted by Gasteiger charge is -2.12. The van der Waals surface area contributed by atoms with Crippen LogP contribution in [0.1, 0.15) is 5.56 Å². The first-order valence-corrected chi connectivity index (χ1v) is 9.99. The minimum absolute atomic E-state index is 0.176. The number of hydrogen-bond acceptors (Lipinski definition) is 4. The Morgan fingerprint density at radius 2 is 1.85 bits per heavy atom. The van der Waals surface area contributed by atoms with E-state index in [4.69, 9.17) is 0 Å². The number of hydrogen-bond donors (Lipinski definition) is 1. The molecule has 1 N–H and O–H groups in total. The Kier molecular flexibility index (Phi) is 6.13. The normalized spacial score (nSPS) is 15.5. The molecular weight excluding hydrogens is 503 g/mol. The molecule has 1 aliphatic heterocycles. The second-order valence-corrected chi connectivity index (χ2v) is 8.26. The van der Waals surface area contributed by atoms with Crippen LogP contribution >= 0.6 is 43.6 Å². The van der Waals surface area contributed by atoms with E-state index in [0.29, 0.717) is 11.3 Å². The van der Waals surface area contributed by atoms with Crippen molar-refractivity contribution in [2.75, 3.05) is 11.9 Å². The summed E-state index contributed by atoms with van der Waals surface area (Å²) in [5.74, 6) is -1.47. The molecule has 0 bridgehead atoms. The van der Waals surface area contributed by atoms with Gasteiger partial charge in [-0.1, -0.05) is 22.0 Å². The molecule has 0 radical (unpaired) electrons. The molecule has 138 valence electrons. The van der Waals surface area contributed by atoms with E-state index in [1.807, 2.05) is 0 Å². The fourth-order valence-corrected chi connectivity index (χ4v) is 3.77. The van der Waals surface area contributed by atoms with Crippen LogP contribution < -0.4 is 5.32 Å². The van der Waals surface area contributed by atoms with Gasteiger partial charge in [0.25, 0.3) is 11.1 Å². The van der Waals surface area contributed by atoms with Crippen LogP contribution in [-0.2, 0) is 9.59 Å². The number of benzene rings is 2. The van der Waals surface area contributed by atoms with Gasteiger partial charge < -0.3 is 5.32 Å². The third-order valence-electron chi connectivity index (χ3n) is 3.54. The van der Waals surface area contributed by atoms with Crippen LogP contribution in [0.3, 0.4) is 0 Å². The number of rotatable bonds is 4. The number of thioether (sulfide) groups is 1. The van der Waals surface area contributed by atoms with Gasteiger partial charge in [0.2, 0.25) is 5.91 Å². The second kappa shape index (κ2) is 8.37. The molecule has 5 nitrogen and oxygen atoms in total. The first kappa shape index (κ1) is 19.8. The van der Waals surface area contributed by atoms with Gasteiger partial charge in [0, 0.05) is 10.2 Å². The summed E-state index contributed by atoms with van der Waals surface area (Å²) in [4.78, 5) is 37.8. The van der Waals surface area contributed by atoms with Crippen LogP contribution in [0, 0.1) is 5.82 Å². The number of halogens is 3. The molecule has 1 heterocycles. The third-order valence-corrected chi connectivity index (χ3v) is 5.59. The molecule has 1 fully saturated rings. The van der Waals surface area contributed by atoms with E-state index in [9.17, 15) is 18.8 Å². The SMILES string of the molecule is O=C(CN1C(=O)S/C(=C/c2ccc(F)c(Br)c2)C1=O)Nc1ccc(Br)cc1. The molecule has 0 atom stereocenters. The Hall–Kier alpha value is -1.97. The van der Waals surface area contributed by atoms with E-state index < -0.39 is 22.9 Å². The van der Waals surface area contributed by atoms with Crippen molar-refractivity contribution in [3.8, 4) is 0 Å². The molecular formula is C18H11Br2FN2O3S. The van der Waals surface area contributed by atoms with Gasteiger partial charge in [-0.15, -0.1) is 0 Å². The van der Waals surface area contributed by atoms with E-state index in [2.05, 4.69) is 37.2 Å². The van der Waals surface area contributed by atoms with Crippen LogP contribution in [0.2, 0.25) is 0 Å². The number of amides is 3. The Labute approximate surface area is 175 Å². The average Bonchev–Trinajstić information content (AvgIpc) is 2.87. The first-order valence-electron chi connectivity index (χ1n) is 7.59. The average molecular weight is 514 g/mol. The molecule has 0 aliphatic carbocycles. The van der Waals surface area contributed by atoms with Crippen LogP contribution in [0.15, 0.2) is 56.3 Å². The summed E-state index contributed by atoms with van der Waals surface area (Å²) in [5.41, 5.74) is 1.12. The molecule has 1 saturated heterocycles. The molecule has 3 rings (SSSR count). The minimum Gasteiger partial charge on any atom is -0.325 e. The van der Waals surface area contributed by atoms with E-state index in [1.165, 1.54) is 24.3 Å². The number of carbonyl (C=O) groups is 3. The lowest BCUT2D eigenvalue weighted by atomic mass is 10.2. The number of nitrogens with one attached hydrogen (secondary N) is 1. The van der Waals surface area contributed by atoms with Crippen LogP contribution in [-0.4, -0.2) is 28.5 Å². The van der Waals surface area contributed by atoms with E-state index in [1.54, 1.807) is 24.3 Å². The van der Waals surface area contributed by atoms with Crippen LogP contribution in [0.5, 0.6) is 0 Å². The molecule has 2 aromatic rings. The van der Waals surface area contributed by atoms with Gasteiger partial charge in [-0.3, -0.25) is 19.3 Å². The topological polar surface area (TPSA) is 66.5 Å². The van der Waals surface area contributed by atoms with E-state index in [0.717, 1.165) is 21.1 Å². The lowest BCUT2D eigenvalue weighted by Crippen LogP contribution is -2.36. The van der Waals surface area contributed by atoms with Crippen molar-refractivity contribution in [2.45, 2.75) is 0 Å². The summed E-state index contributed by atoms with van der Waals surface area (Å²) in [6, 6.07) is 11.2. The molecule has 0 spiro atoms. The second-order valence-electron chi connectivity index (χ2n) is 5.50. The summed E-state index contributed by atoms with van der Waals surface area (Å²) in [6.07, 6.45) is 1.49. The highest BCUT2D eigenvalue weighted by atomic mass is 79.9. The van der Waals surface area contributed by atoms with Gasteiger partial charge in [0.05, 0.1) is 9.38 Å². The predicted molar refractivity (Wildman–Crippen MR) is 110 cm³/mol. The monoisotopic (exact) mass is 512 g/mol. The summed E-state index contributed by atoms with van der Waals surface area (Å²) < 4.78 is 14.4. The minimum atomic E-state index is -0.559. The number of nitrogens with zero attached hydrogens (tertiary/aromatic N) is 1. The zero-order valence-electron chi connectivity index (χ0n) is 13.5. The standard InChI is InChI=1S/C18H11Br2FN2O3S/c19-11-2-4-12(5-3-11)22-16(24)9-23-17(25)15(27-18(23)26)8-10-1-6-14(21)13(20)7-10/h1-8H,9H2,(H,22,24)/b15-8+. The number of anilines is 1. The number of carbonyl (C=O) groups excluding carboxylic acids is 3.